The van der Waals surface area contributed by atoms with Gasteiger partial charge in [-0.2, -0.15) is 0 Å². The number of hydrogen-bond donors (Lipinski definition) is 1. The molecule has 3 rings (SSSR count). The number of anilines is 1. The van der Waals surface area contributed by atoms with E-state index in [1.807, 2.05) is 60.0 Å². The summed E-state index contributed by atoms with van der Waals surface area (Å²) in [6, 6.07) is 15.0. The second kappa shape index (κ2) is 10.5. The molecule has 0 atom stereocenters. The first-order valence-corrected chi connectivity index (χ1v) is 11.0. The molecule has 0 saturated carbocycles. The van der Waals surface area contributed by atoms with Gasteiger partial charge in [0.05, 0.1) is 12.9 Å². The number of aromatic nitrogens is 3. The van der Waals surface area contributed by atoms with Crippen molar-refractivity contribution in [1.29, 1.82) is 0 Å². The van der Waals surface area contributed by atoms with Crippen LogP contribution in [0.4, 0.5) is 5.69 Å². The second-order valence-electron chi connectivity index (χ2n) is 5.95. The van der Waals surface area contributed by atoms with Gasteiger partial charge < -0.3 is 19.4 Å². The minimum atomic E-state index is -0.0853. The third-order valence-electron chi connectivity index (χ3n) is 4.00. The van der Waals surface area contributed by atoms with Gasteiger partial charge in [0.25, 0.3) is 0 Å². The molecule has 0 bridgehead atoms. The summed E-state index contributed by atoms with van der Waals surface area (Å²) in [4.78, 5) is 12.2. The SMILES string of the molecule is CCn1c(COc2ccc(OC)cc2)nnc1SCC(=O)Nc1ccc(I)cc1. The number of methoxy groups -OCH3 is 1. The summed E-state index contributed by atoms with van der Waals surface area (Å²) in [6.45, 7) is 2.99. The Morgan fingerprint density at radius 1 is 1.10 bits per heavy atom. The third-order valence-corrected chi connectivity index (χ3v) is 5.68. The molecule has 0 aliphatic carbocycles. The van der Waals surface area contributed by atoms with Crippen molar-refractivity contribution in [1.82, 2.24) is 14.8 Å². The average Bonchev–Trinajstić information content (AvgIpc) is 3.14. The number of hydrogen-bond acceptors (Lipinski definition) is 6. The van der Waals surface area contributed by atoms with E-state index in [0.29, 0.717) is 24.1 Å². The van der Waals surface area contributed by atoms with Crippen LogP contribution in [0.5, 0.6) is 11.5 Å². The number of ether oxygens (including phenoxy) is 2. The van der Waals surface area contributed by atoms with Gasteiger partial charge in [0.1, 0.15) is 18.1 Å². The molecular formula is C20H21IN4O3S. The van der Waals surface area contributed by atoms with E-state index in [-0.39, 0.29) is 11.7 Å². The summed E-state index contributed by atoms with van der Waals surface area (Å²) in [5, 5.41) is 12.0. The van der Waals surface area contributed by atoms with Crippen molar-refractivity contribution in [3.05, 3.63) is 57.9 Å². The lowest BCUT2D eigenvalue weighted by molar-refractivity contribution is -0.113. The molecule has 0 radical (unpaired) electrons. The minimum Gasteiger partial charge on any atom is -0.497 e. The zero-order valence-electron chi connectivity index (χ0n) is 16.1. The Balaban J connectivity index is 1.55. The van der Waals surface area contributed by atoms with Crippen molar-refractivity contribution < 1.29 is 14.3 Å². The van der Waals surface area contributed by atoms with E-state index >= 15 is 0 Å². The molecule has 1 heterocycles. The Bertz CT molecular complexity index is 945. The van der Waals surface area contributed by atoms with E-state index in [1.54, 1.807) is 7.11 Å². The van der Waals surface area contributed by atoms with Gasteiger partial charge in [0, 0.05) is 15.8 Å². The van der Waals surface area contributed by atoms with E-state index in [1.165, 1.54) is 11.8 Å². The van der Waals surface area contributed by atoms with E-state index in [4.69, 9.17) is 9.47 Å². The summed E-state index contributed by atoms with van der Waals surface area (Å²) in [7, 11) is 1.62. The van der Waals surface area contributed by atoms with Gasteiger partial charge in [-0.05, 0) is 78.0 Å². The zero-order valence-corrected chi connectivity index (χ0v) is 19.1. The van der Waals surface area contributed by atoms with Crippen LogP contribution in [0, 0.1) is 3.57 Å². The number of nitrogens with zero attached hydrogens (tertiary/aromatic N) is 3. The number of carbonyl (C=O) groups excluding carboxylic acids is 1. The number of rotatable bonds is 9. The van der Waals surface area contributed by atoms with Crippen LogP contribution in [0.1, 0.15) is 12.7 Å². The van der Waals surface area contributed by atoms with Crippen LogP contribution in [0.25, 0.3) is 0 Å². The van der Waals surface area contributed by atoms with Crippen LogP contribution < -0.4 is 14.8 Å². The molecule has 1 N–H and O–H groups in total. The maximum Gasteiger partial charge on any atom is 0.234 e. The van der Waals surface area contributed by atoms with Gasteiger partial charge in [0.15, 0.2) is 11.0 Å². The van der Waals surface area contributed by atoms with Crippen LogP contribution >= 0.6 is 34.4 Å². The number of nitrogens with one attached hydrogen (secondary N) is 1. The molecule has 0 saturated heterocycles. The molecule has 152 valence electrons. The lowest BCUT2D eigenvalue weighted by Gasteiger charge is -2.09. The van der Waals surface area contributed by atoms with Crippen molar-refractivity contribution in [2.24, 2.45) is 0 Å². The van der Waals surface area contributed by atoms with Crippen LogP contribution in [0.3, 0.4) is 0 Å². The molecule has 2 aromatic carbocycles. The first kappa shape index (κ1) is 21.4. The lowest BCUT2D eigenvalue weighted by Crippen LogP contribution is -2.15. The monoisotopic (exact) mass is 524 g/mol. The third kappa shape index (κ3) is 6.10. The highest BCUT2D eigenvalue weighted by molar-refractivity contribution is 14.1. The van der Waals surface area contributed by atoms with E-state index in [2.05, 4.69) is 38.1 Å². The van der Waals surface area contributed by atoms with Crippen molar-refractivity contribution in [2.75, 3.05) is 18.2 Å². The fourth-order valence-corrected chi connectivity index (χ4v) is 3.71. The molecule has 29 heavy (non-hydrogen) atoms. The molecule has 3 aromatic rings. The first-order valence-electron chi connectivity index (χ1n) is 8.96. The van der Waals surface area contributed by atoms with Crippen LogP contribution in [0.2, 0.25) is 0 Å². The highest BCUT2D eigenvalue weighted by Crippen LogP contribution is 2.21. The van der Waals surface area contributed by atoms with Crippen LogP contribution in [-0.4, -0.2) is 33.5 Å². The first-order chi connectivity index (χ1) is 14.1. The predicted molar refractivity (Wildman–Crippen MR) is 122 cm³/mol. The number of halogens is 1. The largest absolute Gasteiger partial charge is 0.497 e. The summed E-state index contributed by atoms with van der Waals surface area (Å²) < 4.78 is 14.0. The van der Waals surface area contributed by atoms with E-state index < -0.39 is 0 Å². The average molecular weight is 524 g/mol. The molecule has 7 nitrogen and oxygen atoms in total. The smallest absolute Gasteiger partial charge is 0.234 e. The van der Waals surface area contributed by atoms with Gasteiger partial charge in [-0.3, -0.25) is 4.79 Å². The molecule has 0 spiro atoms. The highest BCUT2D eigenvalue weighted by atomic mass is 127. The van der Waals surface area contributed by atoms with E-state index in [9.17, 15) is 4.79 Å². The topological polar surface area (TPSA) is 78.3 Å². The lowest BCUT2D eigenvalue weighted by atomic mass is 10.3. The molecule has 9 heteroatoms. The molecular weight excluding hydrogens is 503 g/mol. The normalized spacial score (nSPS) is 10.6. The summed E-state index contributed by atoms with van der Waals surface area (Å²) in [5.74, 6) is 2.38. The predicted octanol–water partition coefficient (Wildman–Crippen LogP) is 4.22. The molecule has 0 fully saturated rings. The summed E-state index contributed by atoms with van der Waals surface area (Å²) >= 11 is 3.58. The summed E-state index contributed by atoms with van der Waals surface area (Å²) in [6.07, 6.45) is 0. The maximum atomic E-state index is 12.2. The molecule has 0 aliphatic rings. The van der Waals surface area contributed by atoms with Gasteiger partial charge in [-0.15, -0.1) is 10.2 Å². The molecule has 0 unspecified atom stereocenters. The highest BCUT2D eigenvalue weighted by Gasteiger charge is 2.14. The van der Waals surface area contributed by atoms with Crippen LogP contribution in [-0.2, 0) is 17.9 Å². The number of amides is 1. The van der Waals surface area contributed by atoms with Gasteiger partial charge in [0.2, 0.25) is 5.91 Å². The van der Waals surface area contributed by atoms with Gasteiger partial charge in [-0.25, -0.2) is 0 Å². The Hall–Kier alpha value is -2.27. The number of benzene rings is 2. The number of thioether (sulfide) groups is 1. The van der Waals surface area contributed by atoms with Crippen molar-refractivity contribution in [3.63, 3.8) is 0 Å². The second-order valence-corrected chi connectivity index (χ2v) is 8.14. The number of carbonyl (C=O) groups is 1. The van der Waals surface area contributed by atoms with Crippen LogP contribution in [0.15, 0.2) is 53.7 Å². The maximum absolute atomic E-state index is 12.2. The van der Waals surface area contributed by atoms with Crippen molar-refractivity contribution >= 4 is 45.9 Å². The fourth-order valence-electron chi connectivity index (χ4n) is 2.53. The quantitative estimate of drug-likeness (QED) is 0.334. The van der Waals surface area contributed by atoms with Crippen molar-refractivity contribution in [2.45, 2.75) is 25.2 Å². The molecule has 1 aromatic heterocycles. The Labute approximate surface area is 187 Å². The fraction of sp³-hybridized carbons (Fsp3) is 0.250. The molecule has 0 aliphatic heterocycles. The van der Waals surface area contributed by atoms with Gasteiger partial charge >= 0.3 is 0 Å². The zero-order chi connectivity index (χ0) is 20.6. The van der Waals surface area contributed by atoms with Crippen molar-refractivity contribution in [3.8, 4) is 11.5 Å². The molecule has 1 amide bonds. The van der Waals surface area contributed by atoms with E-state index in [0.717, 1.165) is 20.8 Å². The Morgan fingerprint density at radius 3 is 2.45 bits per heavy atom. The Morgan fingerprint density at radius 2 is 1.79 bits per heavy atom. The minimum absolute atomic E-state index is 0.0853. The standard InChI is InChI=1S/C20H21IN4O3S/c1-3-25-18(12-28-17-10-8-16(27-2)9-11-17)23-24-20(25)29-13-19(26)22-15-6-4-14(21)5-7-15/h4-11H,3,12-13H2,1-2H3,(H,22,26). The summed E-state index contributed by atoms with van der Waals surface area (Å²) in [5.41, 5.74) is 0.779. The Kier molecular flexibility index (Phi) is 7.76. The van der Waals surface area contributed by atoms with Gasteiger partial charge in [-0.1, -0.05) is 11.8 Å².